The Morgan fingerprint density at radius 1 is 1.10 bits per heavy atom. The molecule has 0 fully saturated rings. The van der Waals surface area contributed by atoms with Crippen molar-refractivity contribution in [2.45, 2.75) is 26.1 Å². The minimum absolute atomic E-state index is 0.311. The molecule has 0 amide bonds. The maximum atomic E-state index is 10.1. The third-order valence-electron chi connectivity index (χ3n) is 3.31. The molecule has 0 spiro atoms. The lowest BCUT2D eigenvalue weighted by atomic mass is 10.0. The van der Waals surface area contributed by atoms with Crippen LogP contribution < -0.4 is 4.74 Å². The maximum Gasteiger partial charge on any atom is 0.122 e. The molecule has 1 atom stereocenters. The van der Waals surface area contributed by atoms with Gasteiger partial charge in [-0.1, -0.05) is 48.0 Å². The normalized spacial score (nSPS) is 12.1. The van der Waals surface area contributed by atoms with Gasteiger partial charge in [-0.05, 0) is 24.1 Å². The summed E-state index contributed by atoms with van der Waals surface area (Å²) in [6.45, 7) is 2.86. The highest BCUT2D eigenvalue weighted by molar-refractivity contribution is 5.37. The van der Waals surface area contributed by atoms with Gasteiger partial charge in [0.1, 0.15) is 5.75 Å². The van der Waals surface area contributed by atoms with E-state index >= 15 is 0 Å². The second kappa shape index (κ2) is 7.81. The van der Waals surface area contributed by atoms with Gasteiger partial charge in [-0.2, -0.15) is 0 Å². The van der Waals surface area contributed by atoms with Crippen LogP contribution in [0.15, 0.2) is 48.5 Å². The number of aliphatic hydroxyl groups excluding tert-OH is 1. The van der Waals surface area contributed by atoms with Crippen LogP contribution in [0.5, 0.6) is 5.75 Å². The zero-order valence-corrected chi connectivity index (χ0v) is 12.6. The van der Waals surface area contributed by atoms with E-state index in [1.54, 1.807) is 7.11 Å². The summed E-state index contributed by atoms with van der Waals surface area (Å²) in [7, 11) is 1.65. The topological polar surface area (TPSA) is 38.7 Å². The Bertz CT molecular complexity index is 552. The summed E-state index contributed by atoms with van der Waals surface area (Å²) in [5.41, 5.74) is 3.27. The van der Waals surface area contributed by atoms with Crippen LogP contribution in [0, 0.1) is 6.92 Å². The highest BCUT2D eigenvalue weighted by atomic mass is 16.5. The molecule has 2 aromatic rings. The van der Waals surface area contributed by atoms with Crippen molar-refractivity contribution in [3.8, 4) is 5.75 Å². The largest absolute Gasteiger partial charge is 0.496 e. The molecule has 0 radical (unpaired) electrons. The lowest BCUT2D eigenvalue weighted by Crippen LogP contribution is -2.18. The first-order chi connectivity index (χ1) is 10.2. The van der Waals surface area contributed by atoms with Crippen LogP contribution in [0.1, 0.15) is 16.7 Å². The van der Waals surface area contributed by atoms with Crippen molar-refractivity contribution in [3.05, 3.63) is 65.2 Å². The van der Waals surface area contributed by atoms with Crippen LogP contribution in [0.2, 0.25) is 0 Å². The number of ether oxygens (including phenoxy) is 2. The van der Waals surface area contributed by atoms with E-state index in [9.17, 15) is 5.11 Å². The second-order valence-electron chi connectivity index (χ2n) is 5.17. The molecule has 0 aromatic heterocycles. The standard InChI is InChI=1S/C18H22O3/c1-14-8-9-18(20-2)16(10-14)11-17(19)13-21-12-15-6-4-3-5-7-15/h3-10,17,19H,11-13H2,1-2H3/t17-/m0/s1. The monoisotopic (exact) mass is 286 g/mol. The summed E-state index contributed by atoms with van der Waals surface area (Å²) in [5.74, 6) is 0.808. The summed E-state index contributed by atoms with van der Waals surface area (Å²) in [6.07, 6.45) is -0.0102. The third-order valence-corrected chi connectivity index (χ3v) is 3.31. The van der Waals surface area contributed by atoms with E-state index in [4.69, 9.17) is 9.47 Å². The molecule has 0 saturated heterocycles. The summed E-state index contributed by atoms with van der Waals surface area (Å²) in [6, 6.07) is 15.9. The first-order valence-electron chi connectivity index (χ1n) is 7.12. The molecule has 3 nitrogen and oxygen atoms in total. The number of hydrogen-bond donors (Lipinski definition) is 1. The molecular formula is C18H22O3. The van der Waals surface area contributed by atoms with Gasteiger partial charge in [-0.25, -0.2) is 0 Å². The first-order valence-corrected chi connectivity index (χ1v) is 7.12. The van der Waals surface area contributed by atoms with Gasteiger partial charge in [0, 0.05) is 6.42 Å². The summed E-state index contributed by atoms with van der Waals surface area (Å²) in [4.78, 5) is 0. The zero-order valence-electron chi connectivity index (χ0n) is 12.6. The predicted octanol–water partition coefficient (Wildman–Crippen LogP) is 3.12. The molecule has 0 unspecified atom stereocenters. The van der Waals surface area contributed by atoms with Gasteiger partial charge in [0.2, 0.25) is 0 Å². The van der Waals surface area contributed by atoms with Gasteiger partial charge in [0.05, 0.1) is 26.4 Å². The molecule has 0 aliphatic rings. The van der Waals surface area contributed by atoms with Crippen molar-refractivity contribution < 1.29 is 14.6 Å². The van der Waals surface area contributed by atoms with E-state index in [1.165, 1.54) is 0 Å². The number of methoxy groups -OCH3 is 1. The smallest absolute Gasteiger partial charge is 0.122 e. The Hall–Kier alpha value is -1.84. The molecular weight excluding hydrogens is 264 g/mol. The van der Waals surface area contributed by atoms with Crippen LogP contribution in [-0.2, 0) is 17.8 Å². The van der Waals surface area contributed by atoms with Gasteiger partial charge in [0.25, 0.3) is 0 Å². The molecule has 3 heteroatoms. The van der Waals surface area contributed by atoms with E-state index in [0.717, 1.165) is 22.4 Å². The molecule has 21 heavy (non-hydrogen) atoms. The van der Waals surface area contributed by atoms with Gasteiger partial charge in [-0.3, -0.25) is 0 Å². The minimum Gasteiger partial charge on any atom is -0.496 e. The van der Waals surface area contributed by atoms with Crippen molar-refractivity contribution in [2.24, 2.45) is 0 Å². The molecule has 112 valence electrons. The maximum absolute atomic E-state index is 10.1. The van der Waals surface area contributed by atoms with Crippen molar-refractivity contribution in [1.29, 1.82) is 0 Å². The Morgan fingerprint density at radius 3 is 2.57 bits per heavy atom. The zero-order chi connectivity index (χ0) is 15.1. The lowest BCUT2D eigenvalue weighted by molar-refractivity contribution is 0.0286. The Labute approximate surface area is 126 Å². The first kappa shape index (κ1) is 15.5. The Kier molecular flexibility index (Phi) is 5.78. The number of rotatable bonds is 7. The van der Waals surface area contributed by atoms with E-state index in [1.807, 2.05) is 55.5 Å². The molecule has 1 N–H and O–H groups in total. The van der Waals surface area contributed by atoms with Crippen molar-refractivity contribution in [2.75, 3.05) is 13.7 Å². The molecule has 0 saturated carbocycles. The van der Waals surface area contributed by atoms with Gasteiger partial charge in [0.15, 0.2) is 0 Å². The summed E-state index contributed by atoms with van der Waals surface area (Å²) >= 11 is 0. The van der Waals surface area contributed by atoms with Crippen LogP contribution >= 0.6 is 0 Å². The Morgan fingerprint density at radius 2 is 1.86 bits per heavy atom. The van der Waals surface area contributed by atoms with Crippen LogP contribution in [0.25, 0.3) is 0 Å². The van der Waals surface area contributed by atoms with E-state index in [-0.39, 0.29) is 0 Å². The highest BCUT2D eigenvalue weighted by Gasteiger charge is 2.10. The van der Waals surface area contributed by atoms with Crippen LogP contribution in [0.4, 0.5) is 0 Å². The molecule has 0 aliphatic carbocycles. The van der Waals surface area contributed by atoms with Gasteiger partial charge >= 0.3 is 0 Å². The number of hydrogen-bond acceptors (Lipinski definition) is 3. The fraction of sp³-hybridized carbons (Fsp3) is 0.333. The lowest BCUT2D eigenvalue weighted by Gasteiger charge is -2.14. The average molecular weight is 286 g/mol. The van der Waals surface area contributed by atoms with Crippen LogP contribution in [-0.4, -0.2) is 24.9 Å². The molecule has 2 rings (SSSR count). The Balaban J connectivity index is 1.84. The molecule has 0 heterocycles. The van der Waals surface area contributed by atoms with Gasteiger partial charge < -0.3 is 14.6 Å². The molecule has 0 aliphatic heterocycles. The fourth-order valence-electron chi connectivity index (χ4n) is 2.27. The fourth-order valence-corrected chi connectivity index (χ4v) is 2.27. The van der Waals surface area contributed by atoms with Crippen molar-refractivity contribution >= 4 is 0 Å². The van der Waals surface area contributed by atoms with Crippen LogP contribution in [0.3, 0.4) is 0 Å². The van der Waals surface area contributed by atoms with E-state index < -0.39 is 6.10 Å². The van der Waals surface area contributed by atoms with E-state index in [0.29, 0.717) is 19.6 Å². The SMILES string of the molecule is COc1ccc(C)cc1C[C@H](O)COCc1ccccc1. The number of aryl methyl sites for hydroxylation is 1. The minimum atomic E-state index is -0.538. The highest BCUT2D eigenvalue weighted by Crippen LogP contribution is 2.21. The molecule has 0 bridgehead atoms. The predicted molar refractivity (Wildman–Crippen MR) is 83.5 cm³/mol. The van der Waals surface area contributed by atoms with Crippen molar-refractivity contribution in [3.63, 3.8) is 0 Å². The van der Waals surface area contributed by atoms with Crippen molar-refractivity contribution in [1.82, 2.24) is 0 Å². The third kappa shape index (κ3) is 4.88. The second-order valence-corrected chi connectivity index (χ2v) is 5.17. The quantitative estimate of drug-likeness (QED) is 0.850. The number of benzene rings is 2. The van der Waals surface area contributed by atoms with E-state index in [2.05, 4.69) is 0 Å². The summed E-state index contributed by atoms with van der Waals surface area (Å²) < 4.78 is 10.9. The molecule has 2 aromatic carbocycles. The van der Waals surface area contributed by atoms with Gasteiger partial charge in [-0.15, -0.1) is 0 Å². The summed E-state index contributed by atoms with van der Waals surface area (Å²) in [5, 5.41) is 10.1. The number of aliphatic hydroxyl groups is 1. The average Bonchev–Trinajstić information content (AvgIpc) is 2.48.